The maximum Gasteiger partial charge on any atom is 0.265 e. The number of likely N-dealkylation sites (N-methyl/N-ethyl adjacent to an activating group) is 1. The van der Waals surface area contributed by atoms with E-state index >= 15 is 0 Å². The molecule has 0 spiro atoms. The first-order valence-corrected chi connectivity index (χ1v) is 9.07. The highest BCUT2D eigenvalue weighted by Gasteiger charge is 2.23. The summed E-state index contributed by atoms with van der Waals surface area (Å²) >= 11 is 0. The molecule has 1 atom stereocenters. The van der Waals surface area contributed by atoms with Gasteiger partial charge in [-0.05, 0) is 38.1 Å². The average molecular weight is 334 g/mol. The van der Waals surface area contributed by atoms with Gasteiger partial charge in [0.2, 0.25) is 0 Å². The van der Waals surface area contributed by atoms with E-state index in [-0.39, 0.29) is 11.0 Å². The third-order valence-electron chi connectivity index (χ3n) is 3.40. The molecular formula is C14H20ClNO4S. The molecule has 5 nitrogen and oxygen atoms in total. The minimum Gasteiger partial charge on any atom is -0.489 e. The zero-order valence-corrected chi connectivity index (χ0v) is 14.0. The topological polar surface area (TPSA) is 55.8 Å². The summed E-state index contributed by atoms with van der Waals surface area (Å²) in [6.45, 7) is 6.23. The van der Waals surface area contributed by atoms with Crippen LogP contribution in [0.4, 0.5) is 0 Å². The van der Waals surface area contributed by atoms with Gasteiger partial charge < -0.3 is 14.4 Å². The number of rotatable bonds is 4. The maximum atomic E-state index is 11.7. The SMILES string of the molecule is Cc1cc(C)c(OCC2CN(C)CCO2)c(S(=O)(=O)Cl)c1. The van der Waals surface area contributed by atoms with Crippen LogP contribution in [0.2, 0.25) is 0 Å². The second-order valence-corrected chi connectivity index (χ2v) is 7.95. The van der Waals surface area contributed by atoms with Crippen molar-refractivity contribution in [3.63, 3.8) is 0 Å². The van der Waals surface area contributed by atoms with Crippen LogP contribution in [0.5, 0.6) is 5.75 Å². The van der Waals surface area contributed by atoms with Crippen LogP contribution in [-0.2, 0) is 13.8 Å². The van der Waals surface area contributed by atoms with Crippen LogP contribution in [0.1, 0.15) is 11.1 Å². The van der Waals surface area contributed by atoms with Gasteiger partial charge in [0.15, 0.2) is 0 Å². The maximum absolute atomic E-state index is 11.7. The molecule has 2 rings (SSSR count). The molecule has 1 heterocycles. The summed E-state index contributed by atoms with van der Waals surface area (Å²) in [5, 5.41) is 0. The van der Waals surface area contributed by atoms with Crippen molar-refractivity contribution in [2.75, 3.05) is 33.4 Å². The highest BCUT2D eigenvalue weighted by molar-refractivity contribution is 8.13. The molecule has 7 heteroatoms. The molecule has 0 N–H and O–H groups in total. The molecular weight excluding hydrogens is 314 g/mol. The third kappa shape index (κ3) is 4.32. The van der Waals surface area contributed by atoms with Gasteiger partial charge in [-0.2, -0.15) is 0 Å². The van der Waals surface area contributed by atoms with Crippen molar-refractivity contribution in [3.8, 4) is 5.75 Å². The van der Waals surface area contributed by atoms with Gasteiger partial charge >= 0.3 is 0 Å². The van der Waals surface area contributed by atoms with Crippen LogP contribution in [0.25, 0.3) is 0 Å². The molecule has 0 aliphatic carbocycles. The second kappa shape index (κ2) is 6.52. The lowest BCUT2D eigenvalue weighted by Gasteiger charge is -2.30. The van der Waals surface area contributed by atoms with Crippen molar-refractivity contribution in [1.29, 1.82) is 0 Å². The standard InChI is InChI=1S/C14H20ClNO4S/c1-10-6-11(2)14(13(7-10)21(15,17)18)20-9-12-8-16(3)4-5-19-12/h6-7,12H,4-5,8-9H2,1-3H3. The van der Waals surface area contributed by atoms with Crippen LogP contribution in [0.3, 0.4) is 0 Å². The van der Waals surface area contributed by atoms with Gasteiger partial charge in [-0.1, -0.05) is 6.07 Å². The lowest BCUT2D eigenvalue weighted by Crippen LogP contribution is -2.42. The van der Waals surface area contributed by atoms with Gasteiger partial charge in [0, 0.05) is 23.8 Å². The van der Waals surface area contributed by atoms with Gasteiger partial charge in [0.25, 0.3) is 9.05 Å². The van der Waals surface area contributed by atoms with Gasteiger partial charge in [-0.25, -0.2) is 8.42 Å². The van der Waals surface area contributed by atoms with E-state index in [2.05, 4.69) is 4.90 Å². The Morgan fingerprint density at radius 2 is 2.14 bits per heavy atom. The van der Waals surface area contributed by atoms with Crippen molar-refractivity contribution in [2.24, 2.45) is 0 Å². The fourth-order valence-electron chi connectivity index (χ4n) is 2.43. The Kier molecular flexibility index (Phi) is 5.14. The Balaban J connectivity index is 2.19. The van der Waals surface area contributed by atoms with Crippen LogP contribution >= 0.6 is 10.7 Å². The zero-order valence-electron chi connectivity index (χ0n) is 12.4. The number of ether oxygens (including phenoxy) is 2. The van der Waals surface area contributed by atoms with Crippen LogP contribution in [0.15, 0.2) is 17.0 Å². The number of morpholine rings is 1. The van der Waals surface area contributed by atoms with E-state index in [1.807, 2.05) is 27.0 Å². The molecule has 0 bridgehead atoms. The van der Waals surface area contributed by atoms with E-state index in [9.17, 15) is 8.42 Å². The van der Waals surface area contributed by atoms with Gasteiger partial charge in [-0.3, -0.25) is 0 Å². The molecule has 0 aromatic heterocycles. The highest BCUT2D eigenvalue weighted by atomic mass is 35.7. The van der Waals surface area contributed by atoms with Gasteiger partial charge in [-0.15, -0.1) is 0 Å². The summed E-state index contributed by atoms with van der Waals surface area (Å²) in [4.78, 5) is 2.17. The summed E-state index contributed by atoms with van der Waals surface area (Å²) in [6, 6.07) is 3.40. The average Bonchev–Trinajstić information content (AvgIpc) is 2.36. The first kappa shape index (κ1) is 16.5. The quantitative estimate of drug-likeness (QED) is 0.788. The minimum absolute atomic E-state index is 0.0193. The van der Waals surface area contributed by atoms with E-state index < -0.39 is 9.05 Å². The molecule has 1 aromatic rings. The summed E-state index contributed by atoms with van der Waals surface area (Å²) in [6.07, 6.45) is -0.0738. The highest BCUT2D eigenvalue weighted by Crippen LogP contribution is 2.32. The fourth-order valence-corrected chi connectivity index (χ4v) is 3.54. The third-order valence-corrected chi connectivity index (χ3v) is 4.73. The summed E-state index contributed by atoms with van der Waals surface area (Å²) < 4.78 is 34.7. The number of halogens is 1. The van der Waals surface area contributed by atoms with Crippen LogP contribution in [-0.4, -0.2) is 52.8 Å². The van der Waals surface area contributed by atoms with E-state index in [1.54, 1.807) is 0 Å². The molecule has 1 aliphatic heterocycles. The Morgan fingerprint density at radius 1 is 1.43 bits per heavy atom. The summed E-state index contributed by atoms with van der Waals surface area (Å²) in [5.74, 6) is 0.312. The Hall–Kier alpha value is -0.820. The lowest BCUT2D eigenvalue weighted by atomic mass is 10.1. The number of hydrogen-bond donors (Lipinski definition) is 0. The van der Waals surface area contributed by atoms with Crippen molar-refractivity contribution < 1.29 is 17.9 Å². The predicted octanol–water partition coefficient (Wildman–Crippen LogP) is 1.94. The van der Waals surface area contributed by atoms with Crippen molar-refractivity contribution in [2.45, 2.75) is 24.8 Å². The lowest BCUT2D eigenvalue weighted by molar-refractivity contribution is -0.0408. The van der Waals surface area contributed by atoms with Crippen LogP contribution in [0, 0.1) is 13.8 Å². The predicted molar refractivity (Wildman–Crippen MR) is 81.7 cm³/mol. The Morgan fingerprint density at radius 3 is 2.76 bits per heavy atom. The number of aryl methyl sites for hydroxylation is 2. The Bertz CT molecular complexity index is 618. The fraction of sp³-hybridized carbons (Fsp3) is 0.571. The van der Waals surface area contributed by atoms with E-state index in [4.69, 9.17) is 20.2 Å². The van der Waals surface area contributed by atoms with Gasteiger partial charge in [0.05, 0.1) is 6.61 Å². The van der Waals surface area contributed by atoms with Crippen LogP contribution < -0.4 is 4.74 Å². The minimum atomic E-state index is -3.85. The molecule has 118 valence electrons. The molecule has 1 aromatic carbocycles. The van der Waals surface area contributed by atoms with E-state index in [0.717, 1.165) is 24.2 Å². The molecule has 0 saturated carbocycles. The van der Waals surface area contributed by atoms with Crippen molar-refractivity contribution >= 4 is 19.7 Å². The molecule has 1 fully saturated rings. The first-order valence-electron chi connectivity index (χ1n) is 6.76. The Labute approximate surface area is 130 Å². The monoisotopic (exact) mass is 333 g/mol. The smallest absolute Gasteiger partial charge is 0.265 e. The zero-order chi connectivity index (χ0) is 15.6. The summed E-state index contributed by atoms with van der Waals surface area (Å²) in [5.41, 5.74) is 1.58. The van der Waals surface area contributed by atoms with Crippen molar-refractivity contribution in [3.05, 3.63) is 23.3 Å². The molecule has 1 aliphatic rings. The molecule has 0 amide bonds. The molecule has 1 saturated heterocycles. The van der Waals surface area contributed by atoms with Gasteiger partial charge in [0.1, 0.15) is 23.4 Å². The normalized spacial score (nSPS) is 20.5. The van der Waals surface area contributed by atoms with E-state index in [1.165, 1.54) is 6.07 Å². The number of nitrogens with zero attached hydrogens (tertiary/aromatic N) is 1. The first-order chi connectivity index (χ1) is 9.77. The summed E-state index contributed by atoms with van der Waals surface area (Å²) in [7, 11) is 3.67. The largest absolute Gasteiger partial charge is 0.489 e. The number of benzene rings is 1. The molecule has 21 heavy (non-hydrogen) atoms. The molecule has 0 radical (unpaired) electrons. The van der Waals surface area contributed by atoms with Crippen molar-refractivity contribution in [1.82, 2.24) is 4.90 Å². The van der Waals surface area contributed by atoms with E-state index in [0.29, 0.717) is 19.0 Å². The molecule has 1 unspecified atom stereocenters. The second-order valence-electron chi connectivity index (χ2n) is 5.41. The number of hydrogen-bond acceptors (Lipinski definition) is 5.